The predicted molar refractivity (Wildman–Crippen MR) is 69.4 cm³/mol. The molecule has 0 aliphatic heterocycles. The number of nitrogens with zero attached hydrogens (tertiary/aromatic N) is 4. The molecule has 0 radical (unpaired) electrons. The fourth-order valence-electron chi connectivity index (χ4n) is 1.20. The lowest BCUT2D eigenvalue weighted by Crippen LogP contribution is -2.14. The van der Waals surface area contributed by atoms with Crippen LogP contribution in [0.5, 0.6) is 0 Å². The molecule has 4 N–H and O–H groups in total. The second kappa shape index (κ2) is 5.32. The molecule has 0 fully saturated rings. The highest BCUT2D eigenvalue weighted by Gasteiger charge is 2.26. The van der Waals surface area contributed by atoms with E-state index in [1.165, 1.54) is 12.4 Å². The Morgan fingerprint density at radius 2 is 2.15 bits per heavy atom. The first-order valence-electron chi connectivity index (χ1n) is 4.85. The minimum Gasteiger partial charge on any atom is -0.310 e. The molecule has 106 valence electrons. The smallest absolute Gasteiger partial charge is 0.306 e. The van der Waals surface area contributed by atoms with Gasteiger partial charge in [0.25, 0.3) is 16.0 Å². The van der Waals surface area contributed by atoms with E-state index in [-0.39, 0.29) is 15.2 Å². The number of nitrogens with one attached hydrogen (secondary N) is 2. The van der Waals surface area contributed by atoms with Crippen LogP contribution in [0.1, 0.15) is 0 Å². The summed E-state index contributed by atoms with van der Waals surface area (Å²) in [5.74, 6) is 4.86. The van der Waals surface area contributed by atoms with Crippen LogP contribution in [0.15, 0.2) is 22.7 Å². The van der Waals surface area contributed by atoms with E-state index in [2.05, 4.69) is 20.6 Å². The summed E-state index contributed by atoms with van der Waals surface area (Å²) in [5.41, 5.74) is 1.63. The molecule has 0 spiro atoms. The van der Waals surface area contributed by atoms with Gasteiger partial charge in [0.15, 0.2) is 5.00 Å². The normalized spacial score (nSPS) is 11.1. The van der Waals surface area contributed by atoms with Gasteiger partial charge in [0.2, 0.25) is 0 Å². The summed E-state index contributed by atoms with van der Waals surface area (Å²) in [7, 11) is -4.06. The maximum atomic E-state index is 12.0. The Hall–Kier alpha value is -2.38. The van der Waals surface area contributed by atoms with Crippen molar-refractivity contribution in [3.05, 3.63) is 28.6 Å². The number of nitrogens with two attached hydrogens (primary N) is 1. The standard InChI is InChI=1S/C7H7N7O4S2/c8-11-6-4(14(15)16)3-5(19-6)20(17,18)13-7-9-1-2-10-12-7/h1-3,11H,8H2,(H,9,12,13). The van der Waals surface area contributed by atoms with Crippen LogP contribution in [0.25, 0.3) is 0 Å². The van der Waals surface area contributed by atoms with Crippen LogP contribution in [-0.4, -0.2) is 28.5 Å². The molecular formula is C7H7N7O4S2. The topological polar surface area (TPSA) is 166 Å². The molecule has 0 unspecified atom stereocenters. The van der Waals surface area contributed by atoms with Gasteiger partial charge in [-0.25, -0.2) is 24.0 Å². The Kier molecular flexibility index (Phi) is 3.73. The maximum absolute atomic E-state index is 12.0. The molecule has 0 aromatic carbocycles. The van der Waals surface area contributed by atoms with Crippen molar-refractivity contribution in [1.29, 1.82) is 0 Å². The molecular weight excluding hydrogens is 310 g/mol. The van der Waals surface area contributed by atoms with Gasteiger partial charge in [-0.3, -0.25) is 10.1 Å². The Bertz CT molecular complexity index is 729. The van der Waals surface area contributed by atoms with E-state index in [9.17, 15) is 18.5 Å². The summed E-state index contributed by atoms with van der Waals surface area (Å²) in [5, 5.41) is 17.6. The van der Waals surface area contributed by atoms with Crippen LogP contribution in [0.3, 0.4) is 0 Å². The molecule has 0 saturated heterocycles. The van der Waals surface area contributed by atoms with Crippen molar-refractivity contribution in [3.63, 3.8) is 0 Å². The Morgan fingerprint density at radius 3 is 2.65 bits per heavy atom. The second-order valence-electron chi connectivity index (χ2n) is 3.25. The molecule has 2 aromatic rings. The molecule has 13 heteroatoms. The first-order chi connectivity index (χ1) is 9.44. The molecule has 0 aliphatic rings. The number of sulfonamides is 1. The summed E-state index contributed by atoms with van der Waals surface area (Å²) in [6.45, 7) is 0. The lowest BCUT2D eigenvalue weighted by Gasteiger charge is -2.01. The van der Waals surface area contributed by atoms with Crippen molar-refractivity contribution >= 4 is 38.0 Å². The van der Waals surface area contributed by atoms with Crippen molar-refractivity contribution < 1.29 is 13.3 Å². The van der Waals surface area contributed by atoms with Gasteiger partial charge in [-0.1, -0.05) is 11.3 Å². The van der Waals surface area contributed by atoms with Crippen LogP contribution in [0.2, 0.25) is 0 Å². The van der Waals surface area contributed by atoms with E-state index in [1.807, 2.05) is 4.72 Å². The van der Waals surface area contributed by atoms with Crippen molar-refractivity contribution in [2.75, 3.05) is 10.1 Å². The monoisotopic (exact) mass is 317 g/mol. The molecule has 20 heavy (non-hydrogen) atoms. The van der Waals surface area contributed by atoms with Gasteiger partial charge >= 0.3 is 5.69 Å². The fourth-order valence-corrected chi connectivity index (χ4v) is 3.38. The average molecular weight is 317 g/mol. The van der Waals surface area contributed by atoms with Crippen molar-refractivity contribution in [1.82, 2.24) is 15.2 Å². The van der Waals surface area contributed by atoms with E-state index in [1.54, 1.807) is 0 Å². The van der Waals surface area contributed by atoms with E-state index in [4.69, 9.17) is 5.84 Å². The van der Waals surface area contributed by atoms with Crippen LogP contribution in [0, 0.1) is 10.1 Å². The van der Waals surface area contributed by atoms with Gasteiger partial charge < -0.3 is 5.43 Å². The lowest BCUT2D eigenvalue weighted by molar-refractivity contribution is -0.383. The van der Waals surface area contributed by atoms with Crippen molar-refractivity contribution in [2.45, 2.75) is 4.21 Å². The molecule has 11 nitrogen and oxygen atoms in total. The molecule has 0 bridgehead atoms. The molecule has 2 heterocycles. The Morgan fingerprint density at radius 1 is 1.40 bits per heavy atom. The molecule has 2 aromatic heterocycles. The van der Waals surface area contributed by atoms with E-state index >= 15 is 0 Å². The minimum atomic E-state index is -4.06. The van der Waals surface area contributed by atoms with E-state index < -0.39 is 20.6 Å². The van der Waals surface area contributed by atoms with E-state index in [0.717, 1.165) is 6.07 Å². The van der Waals surface area contributed by atoms with Gasteiger partial charge in [0.05, 0.1) is 17.3 Å². The van der Waals surface area contributed by atoms with Gasteiger partial charge in [0, 0.05) is 6.07 Å². The van der Waals surface area contributed by atoms with Crippen LogP contribution >= 0.6 is 11.3 Å². The quantitative estimate of drug-likeness (QED) is 0.388. The molecule has 0 aliphatic carbocycles. The van der Waals surface area contributed by atoms with Crippen molar-refractivity contribution in [2.24, 2.45) is 5.84 Å². The van der Waals surface area contributed by atoms with Gasteiger partial charge in [-0.2, -0.15) is 5.10 Å². The van der Waals surface area contributed by atoms with Crippen LogP contribution < -0.4 is 16.0 Å². The molecule has 0 atom stereocenters. The zero-order valence-electron chi connectivity index (χ0n) is 9.55. The number of hydrogen-bond donors (Lipinski definition) is 3. The van der Waals surface area contributed by atoms with Crippen LogP contribution in [-0.2, 0) is 10.0 Å². The van der Waals surface area contributed by atoms with Crippen molar-refractivity contribution in [3.8, 4) is 0 Å². The number of anilines is 2. The summed E-state index contributed by atoms with van der Waals surface area (Å²) < 4.78 is 25.8. The maximum Gasteiger partial charge on any atom is 0.306 e. The summed E-state index contributed by atoms with van der Waals surface area (Å²) in [4.78, 5) is 13.6. The molecule has 0 saturated carbocycles. The fraction of sp³-hybridized carbons (Fsp3) is 0. The first-order valence-corrected chi connectivity index (χ1v) is 7.15. The van der Waals surface area contributed by atoms with Gasteiger partial charge in [-0.15, -0.1) is 5.10 Å². The van der Waals surface area contributed by atoms with Crippen LogP contribution in [0.4, 0.5) is 16.6 Å². The summed E-state index contributed by atoms with van der Waals surface area (Å²) in [6, 6.07) is 0.887. The predicted octanol–water partition coefficient (Wildman–Crippen LogP) is -0.0723. The van der Waals surface area contributed by atoms with Gasteiger partial charge in [0.1, 0.15) is 4.21 Å². The third kappa shape index (κ3) is 2.79. The number of hydrogen-bond acceptors (Lipinski definition) is 10. The highest BCUT2D eigenvalue weighted by atomic mass is 32.2. The molecule has 0 amide bonds. The SMILES string of the molecule is NNc1sc(S(=O)(=O)Nc2nccnn2)cc1[N+](=O)[O-]. The number of nitro groups is 1. The highest BCUT2D eigenvalue weighted by Crippen LogP contribution is 2.36. The molecule has 2 rings (SSSR count). The number of hydrazine groups is 1. The summed E-state index contributed by atoms with van der Waals surface area (Å²) in [6.07, 6.45) is 2.51. The van der Waals surface area contributed by atoms with E-state index in [0.29, 0.717) is 11.3 Å². The summed E-state index contributed by atoms with van der Waals surface area (Å²) >= 11 is 0.610. The van der Waals surface area contributed by atoms with Gasteiger partial charge in [-0.05, 0) is 0 Å². The lowest BCUT2D eigenvalue weighted by atomic mass is 10.5. The Labute approximate surface area is 116 Å². The third-order valence-corrected chi connectivity index (χ3v) is 4.85. The second-order valence-corrected chi connectivity index (χ2v) is 6.21. The Balaban J connectivity index is 2.37. The average Bonchev–Trinajstić information content (AvgIpc) is 2.84. The number of thiophene rings is 1. The zero-order valence-corrected chi connectivity index (χ0v) is 11.2. The first kappa shape index (κ1) is 14.0. The minimum absolute atomic E-state index is 0.0810. The zero-order chi connectivity index (χ0) is 14.8. The third-order valence-electron chi connectivity index (χ3n) is 1.99. The number of rotatable bonds is 5. The number of nitrogen functional groups attached to an aromatic ring is 1. The largest absolute Gasteiger partial charge is 0.310 e. The highest BCUT2D eigenvalue weighted by molar-refractivity contribution is 7.94. The number of aromatic nitrogens is 3.